The van der Waals surface area contributed by atoms with Gasteiger partial charge in [0, 0.05) is 25.2 Å². The molecule has 6 heteroatoms. The molecule has 1 aromatic carbocycles. The minimum Gasteiger partial charge on any atom is -0.362 e. The van der Waals surface area contributed by atoms with Gasteiger partial charge >= 0.3 is 0 Å². The Labute approximate surface area is 91.8 Å². The van der Waals surface area contributed by atoms with Crippen molar-refractivity contribution in [3.05, 3.63) is 34.1 Å². The molecule has 16 heavy (non-hydrogen) atoms. The SMILES string of the molecule is N[C@H]1CCN(c2c(F)cccc2[N+](=O)[O-])C1. The average Bonchev–Trinajstić information content (AvgIpc) is 2.64. The van der Waals surface area contributed by atoms with Gasteiger partial charge in [-0.25, -0.2) is 4.39 Å². The minimum absolute atomic E-state index is 0.0424. The topological polar surface area (TPSA) is 72.4 Å². The van der Waals surface area contributed by atoms with Gasteiger partial charge in [0.1, 0.15) is 0 Å². The standard InChI is InChI=1S/C10H12FN3O2/c11-8-2-1-3-9(14(15)16)10(8)13-5-4-7(12)6-13/h1-3,7H,4-6,12H2/t7-/m0/s1. The maximum Gasteiger partial charge on any atom is 0.295 e. The lowest BCUT2D eigenvalue weighted by Crippen LogP contribution is -2.27. The van der Waals surface area contributed by atoms with Gasteiger partial charge in [0.15, 0.2) is 11.5 Å². The highest BCUT2D eigenvalue weighted by Gasteiger charge is 2.28. The van der Waals surface area contributed by atoms with E-state index in [1.54, 1.807) is 4.90 Å². The summed E-state index contributed by atoms with van der Waals surface area (Å²) in [6.45, 7) is 1.02. The molecule has 1 atom stereocenters. The number of nitrogens with two attached hydrogens (primary N) is 1. The predicted octanol–water partition coefficient (Wildman–Crippen LogP) is 1.27. The molecule has 0 spiro atoms. The maximum atomic E-state index is 13.6. The van der Waals surface area contributed by atoms with Crippen molar-refractivity contribution in [3.63, 3.8) is 0 Å². The van der Waals surface area contributed by atoms with Crippen LogP contribution in [0.4, 0.5) is 15.8 Å². The third kappa shape index (κ3) is 1.83. The highest BCUT2D eigenvalue weighted by molar-refractivity contribution is 5.64. The first-order valence-electron chi connectivity index (χ1n) is 5.03. The summed E-state index contributed by atoms with van der Waals surface area (Å²) in [7, 11) is 0. The van der Waals surface area contributed by atoms with Gasteiger partial charge in [-0.3, -0.25) is 10.1 Å². The molecule has 0 unspecified atom stereocenters. The second-order valence-electron chi connectivity index (χ2n) is 3.86. The lowest BCUT2D eigenvalue weighted by atomic mass is 10.2. The van der Waals surface area contributed by atoms with Crippen molar-refractivity contribution in [2.45, 2.75) is 12.5 Å². The first-order chi connectivity index (χ1) is 7.59. The number of nitro groups is 1. The van der Waals surface area contributed by atoms with Crippen LogP contribution < -0.4 is 10.6 Å². The highest BCUT2D eigenvalue weighted by atomic mass is 19.1. The zero-order chi connectivity index (χ0) is 11.7. The molecule has 0 bridgehead atoms. The van der Waals surface area contributed by atoms with E-state index >= 15 is 0 Å². The van der Waals surface area contributed by atoms with Crippen molar-refractivity contribution in [1.29, 1.82) is 0 Å². The molecule has 2 rings (SSSR count). The molecule has 1 aromatic rings. The number of halogens is 1. The number of anilines is 1. The number of nitro benzene ring substituents is 1. The predicted molar refractivity (Wildman–Crippen MR) is 57.9 cm³/mol. The highest BCUT2D eigenvalue weighted by Crippen LogP contribution is 2.32. The molecular formula is C10H12FN3O2. The van der Waals surface area contributed by atoms with Gasteiger partial charge in [-0.15, -0.1) is 0 Å². The third-order valence-electron chi connectivity index (χ3n) is 2.70. The van der Waals surface area contributed by atoms with Crippen LogP contribution in [0.2, 0.25) is 0 Å². The Bertz CT molecular complexity index is 425. The molecule has 1 aliphatic rings. The fourth-order valence-electron chi connectivity index (χ4n) is 1.95. The third-order valence-corrected chi connectivity index (χ3v) is 2.70. The van der Waals surface area contributed by atoms with E-state index in [1.165, 1.54) is 18.2 Å². The second kappa shape index (κ2) is 4.05. The molecule has 2 N–H and O–H groups in total. The number of benzene rings is 1. The zero-order valence-corrected chi connectivity index (χ0v) is 8.60. The fourth-order valence-corrected chi connectivity index (χ4v) is 1.95. The maximum absolute atomic E-state index is 13.6. The quantitative estimate of drug-likeness (QED) is 0.607. The first kappa shape index (κ1) is 10.8. The summed E-state index contributed by atoms with van der Waals surface area (Å²) in [6.07, 6.45) is 0.728. The van der Waals surface area contributed by atoms with Crippen LogP contribution in [0.1, 0.15) is 6.42 Å². The summed E-state index contributed by atoms with van der Waals surface area (Å²) in [6, 6.07) is 3.83. The monoisotopic (exact) mass is 225 g/mol. The van der Waals surface area contributed by atoms with Gasteiger partial charge in [0.05, 0.1) is 4.92 Å². The Morgan fingerprint density at radius 2 is 2.31 bits per heavy atom. The largest absolute Gasteiger partial charge is 0.362 e. The zero-order valence-electron chi connectivity index (χ0n) is 8.60. The van der Waals surface area contributed by atoms with E-state index in [1.807, 2.05) is 0 Å². The average molecular weight is 225 g/mol. The molecule has 0 amide bonds. The van der Waals surface area contributed by atoms with Crippen molar-refractivity contribution >= 4 is 11.4 Å². The van der Waals surface area contributed by atoms with Crippen LogP contribution in [0.25, 0.3) is 0 Å². The van der Waals surface area contributed by atoms with Gasteiger partial charge in [-0.05, 0) is 12.5 Å². The summed E-state index contributed by atoms with van der Waals surface area (Å²) in [5.74, 6) is -0.566. The van der Waals surface area contributed by atoms with E-state index in [2.05, 4.69) is 0 Å². The molecule has 0 aromatic heterocycles. The van der Waals surface area contributed by atoms with Gasteiger partial charge < -0.3 is 10.6 Å². The van der Waals surface area contributed by atoms with Crippen molar-refractivity contribution in [2.24, 2.45) is 5.73 Å². The molecule has 1 saturated heterocycles. The molecule has 1 fully saturated rings. The summed E-state index contributed by atoms with van der Waals surface area (Å²) in [4.78, 5) is 11.9. The van der Waals surface area contributed by atoms with E-state index in [9.17, 15) is 14.5 Å². The van der Waals surface area contributed by atoms with Crippen molar-refractivity contribution in [1.82, 2.24) is 0 Å². The van der Waals surface area contributed by atoms with Crippen LogP contribution >= 0.6 is 0 Å². The molecule has 0 saturated carbocycles. The smallest absolute Gasteiger partial charge is 0.295 e. The Kier molecular flexibility index (Phi) is 2.74. The van der Waals surface area contributed by atoms with Crippen LogP contribution in [-0.2, 0) is 0 Å². The summed E-state index contributed by atoms with van der Waals surface area (Å²) >= 11 is 0. The number of rotatable bonds is 2. The molecule has 1 aliphatic heterocycles. The van der Waals surface area contributed by atoms with Crippen LogP contribution in [0.3, 0.4) is 0 Å². The van der Waals surface area contributed by atoms with Crippen molar-refractivity contribution in [3.8, 4) is 0 Å². The first-order valence-corrected chi connectivity index (χ1v) is 5.03. The molecule has 86 valence electrons. The minimum atomic E-state index is -0.567. The number of hydrogen-bond acceptors (Lipinski definition) is 4. The number of nitrogens with zero attached hydrogens (tertiary/aromatic N) is 2. The van der Waals surface area contributed by atoms with Gasteiger partial charge in [-0.1, -0.05) is 6.07 Å². The lowest BCUT2D eigenvalue weighted by Gasteiger charge is -2.18. The molecule has 0 aliphatic carbocycles. The number of para-hydroxylation sites is 1. The van der Waals surface area contributed by atoms with Crippen molar-refractivity contribution < 1.29 is 9.31 Å². The summed E-state index contributed by atoms with van der Waals surface area (Å²) in [5.41, 5.74) is 5.56. The van der Waals surface area contributed by atoms with Crippen LogP contribution in [0.15, 0.2) is 18.2 Å². The van der Waals surface area contributed by atoms with Crippen molar-refractivity contribution in [2.75, 3.05) is 18.0 Å². The Morgan fingerprint density at radius 3 is 2.88 bits per heavy atom. The Morgan fingerprint density at radius 1 is 1.56 bits per heavy atom. The molecule has 5 nitrogen and oxygen atoms in total. The van der Waals surface area contributed by atoms with Crippen LogP contribution in [0, 0.1) is 15.9 Å². The molecule has 0 radical (unpaired) electrons. The van der Waals surface area contributed by atoms with E-state index in [0.717, 1.165) is 6.42 Å². The Hall–Kier alpha value is -1.69. The van der Waals surface area contributed by atoms with Crippen LogP contribution in [0.5, 0.6) is 0 Å². The molecule has 1 heterocycles. The van der Waals surface area contributed by atoms with Gasteiger partial charge in [0.25, 0.3) is 5.69 Å². The number of hydrogen-bond donors (Lipinski definition) is 1. The van der Waals surface area contributed by atoms with E-state index in [4.69, 9.17) is 5.73 Å². The van der Waals surface area contributed by atoms with Crippen LogP contribution in [-0.4, -0.2) is 24.1 Å². The molecular weight excluding hydrogens is 213 g/mol. The summed E-state index contributed by atoms with van der Waals surface area (Å²) in [5, 5.41) is 10.8. The Balaban J connectivity index is 2.42. The van der Waals surface area contributed by atoms with Gasteiger partial charge in [0.2, 0.25) is 0 Å². The fraction of sp³-hybridized carbons (Fsp3) is 0.400. The van der Waals surface area contributed by atoms with E-state index in [0.29, 0.717) is 13.1 Å². The van der Waals surface area contributed by atoms with E-state index in [-0.39, 0.29) is 17.4 Å². The second-order valence-corrected chi connectivity index (χ2v) is 3.86. The lowest BCUT2D eigenvalue weighted by molar-refractivity contribution is -0.384. The van der Waals surface area contributed by atoms with Gasteiger partial charge in [-0.2, -0.15) is 0 Å². The summed E-state index contributed by atoms with van der Waals surface area (Å²) < 4.78 is 13.6. The normalized spacial score (nSPS) is 20.1. The van der Waals surface area contributed by atoms with E-state index < -0.39 is 10.7 Å².